The molecule has 4 aromatic heterocycles. The summed E-state index contributed by atoms with van der Waals surface area (Å²) in [6, 6.07) is 13.1. The van der Waals surface area contributed by atoms with Crippen LogP contribution in [0.3, 0.4) is 0 Å². The second-order valence-electron chi connectivity index (χ2n) is 6.98. The quantitative estimate of drug-likeness (QED) is 0.554. The molecule has 0 spiro atoms. The fourth-order valence-electron chi connectivity index (χ4n) is 3.38. The fourth-order valence-corrected chi connectivity index (χ4v) is 3.38. The Morgan fingerprint density at radius 3 is 2.60 bits per heavy atom. The molecule has 5 rings (SSSR count). The maximum Gasteiger partial charge on any atom is 0.267 e. The molecular formula is C22H18N6O2. The molecule has 1 aliphatic heterocycles. The van der Waals surface area contributed by atoms with E-state index in [0.29, 0.717) is 18.9 Å². The number of hydrogen-bond donors (Lipinski definition) is 1. The van der Waals surface area contributed by atoms with Crippen LogP contribution in [0.1, 0.15) is 16.5 Å². The summed E-state index contributed by atoms with van der Waals surface area (Å²) in [6.07, 6.45) is 7.12. The maximum atomic E-state index is 11.8. The minimum Gasteiger partial charge on any atom is -0.377 e. The van der Waals surface area contributed by atoms with Crippen molar-refractivity contribution in [3.8, 4) is 33.8 Å². The van der Waals surface area contributed by atoms with Crippen molar-refractivity contribution >= 4 is 5.91 Å². The van der Waals surface area contributed by atoms with E-state index in [1.165, 1.54) is 0 Å². The predicted molar refractivity (Wildman–Crippen MR) is 110 cm³/mol. The van der Waals surface area contributed by atoms with E-state index in [1.807, 2.05) is 47.3 Å². The molecule has 1 aliphatic rings. The average Bonchev–Trinajstić information content (AvgIpc) is 3.17. The number of carbonyl (C=O) groups excluding carboxylic acids is 1. The van der Waals surface area contributed by atoms with Gasteiger partial charge in [0.25, 0.3) is 5.91 Å². The van der Waals surface area contributed by atoms with Gasteiger partial charge in [-0.25, -0.2) is 4.98 Å². The molecule has 8 heteroatoms. The highest BCUT2D eigenvalue weighted by molar-refractivity contribution is 5.94. The first-order valence-corrected chi connectivity index (χ1v) is 9.50. The Hall–Kier alpha value is -3.91. The molecule has 1 fully saturated rings. The lowest BCUT2D eigenvalue weighted by Crippen LogP contribution is -2.30. The van der Waals surface area contributed by atoms with Crippen LogP contribution in [0, 0.1) is 0 Å². The van der Waals surface area contributed by atoms with E-state index in [9.17, 15) is 4.79 Å². The molecule has 0 bridgehead atoms. The van der Waals surface area contributed by atoms with Gasteiger partial charge in [-0.1, -0.05) is 6.07 Å². The van der Waals surface area contributed by atoms with Gasteiger partial charge in [0.05, 0.1) is 30.6 Å². The van der Waals surface area contributed by atoms with Crippen molar-refractivity contribution in [2.45, 2.75) is 6.04 Å². The number of ether oxygens (including phenoxy) is 1. The SMILES string of the molecule is NC(=O)c1ccc(-c2cn(C3COC3)nc2-c2ccccn2)c(-c2cccnc2)n1. The molecule has 1 saturated heterocycles. The normalized spacial score (nSPS) is 13.7. The van der Waals surface area contributed by atoms with Crippen molar-refractivity contribution < 1.29 is 9.53 Å². The molecule has 0 unspecified atom stereocenters. The number of rotatable bonds is 5. The topological polar surface area (TPSA) is 109 Å². The summed E-state index contributed by atoms with van der Waals surface area (Å²) in [5, 5.41) is 4.81. The van der Waals surface area contributed by atoms with Crippen LogP contribution in [-0.2, 0) is 4.74 Å². The van der Waals surface area contributed by atoms with Gasteiger partial charge in [0.15, 0.2) is 0 Å². The number of nitrogens with zero attached hydrogens (tertiary/aromatic N) is 5. The number of primary amides is 1. The van der Waals surface area contributed by atoms with Crippen LogP contribution in [0.2, 0.25) is 0 Å². The van der Waals surface area contributed by atoms with Crippen molar-refractivity contribution in [2.75, 3.05) is 13.2 Å². The van der Waals surface area contributed by atoms with Gasteiger partial charge in [0.1, 0.15) is 11.4 Å². The van der Waals surface area contributed by atoms with E-state index < -0.39 is 5.91 Å². The van der Waals surface area contributed by atoms with Crippen LogP contribution < -0.4 is 5.73 Å². The second-order valence-corrected chi connectivity index (χ2v) is 6.98. The first kappa shape index (κ1) is 18.1. The molecular weight excluding hydrogens is 380 g/mol. The van der Waals surface area contributed by atoms with E-state index in [0.717, 1.165) is 28.1 Å². The van der Waals surface area contributed by atoms with Crippen LogP contribution in [0.25, 0.3) is 33.8 Å². The molecule has 5 heterocycles. The Bertz CT molecular complexity index is 1200. The van der Waals surface area contributed by atoms with E-state index in [1.54, 1.807) is 24.7 Å². The number of hydrogen-bond acceptors (Lipinski definition) is 6. The molecule has 8 nitrogen and oxygen atoms in total. The van der Waals surface area contributed by atoms with Crippen LogP contribution in [0.4, 0.5) is 0 Å². The third kappa shape index (κ3) is 3.23. The van der Waals surface area contributed by atoms with Crippen LogP contribution in [0.5, 0.6) is 0 Å². The van der Waals surface area contributed by atoms with Crippen molar-refractivity contribution in [1.29, 1.82) is 0 Å². The van der Waals surface area contributed by atoms with Crippen molar-refractivity contribution in [2.24, 2.45) is 5.73 Å². The Morgan fingerprint density at radius 2 is 1.93 bits per heavy atom. The molecule has 0 aromatic carbocycles. The third-order valence-corrected chi connectivity index (χ3v) is 5.01. The Kier molecular flexibility index (Phi) is 4.53. The van der Waals surface area contributed by atoms with E-state index in [4.69, 9.17) is 15.6 Å². The summed E-state index contributed by atoms with van der Waals surface area (Å²) < 4.78 is 7.25. The Morgan fingerprint density at radius 1 is 1.03 bits per heavy atom. The number of carbonyl (C=O) groups is 1. The summed E-state index contributed by atoms with van der Waals surface area (Å²) in [7, 11) is 0. The van der Waals surface area contributed by atoms with Gasteiger partial charge in [-0.3, -0.25) is 19.4 Å². The number of aromatic nitrogens is 5. The largest absolute Gasteiger partial charge is 0.377 e. The van der Waals surface area contributed by atoms with Gasteiger partial charge in [0.2, 0.25) is 0 Å². The van der Waals surface area contributed by atoms with E-state index >= 15 is 0 Å². The lowest BCUT2D eigenvalue weighted by Gasteiger charge is -2.26. The number of amides is 1. The molecule has 4 aromatic rings. The molecule has 1 amide bonds. The lowest BCUT2D eigenvalue weighted by molar-refractivity contribution is -0.0285. The minimum absolute atomic E-state index is 0.181. The lowest BCUT2D eigenvalue weighted by atomic mass is 9.98. The van der Waals surface area contributed by atoms with Gasteiger partial charge >= 0.3 is 0 Å². The van der Waals surface area contributed by atoms with Crippen molar-refractivity contribution in [3.63, 3.8) is 0 Å². The van der Waals surface area contributed by atoms with Crippen LogP contribution in [-0.4, -0.2) is 43.9 Å². The zero-order chi connectivity index (χ0) is 20.5. The molecule has 0 saturated carbocycles. The summed E-state index contributed by atoms with van der Waals surface area (Å²) in [5.74, 6) is -0.584. The summed E-state index contributed by atoms with van der Waals surface area (Å²) in [6.45, 7) is 1.24. The van der Waals surface area contributed by atoms with Crippen LogP contribution >= 0.6 is 0 Å². The standard InChI is InChI=1S/C22H18N6O2/c23-22(29)19-7-6-16(20(26-19)14-4-3-8-24-10-14)17-11-28(15-12-30-13-15)27-21(17)18-5-1-2-9-25-18/h1-11,15H,12-13H2,(H2,23,29). The molecule has 30 heavy (non-hydrogen) atoms. The van der Waals surface area contributed by atoms with E-state index in [2.05, 4.69) is 15.0 Å². The zero-order valence-corrected chi connectivity index (χ0v) is 16.0. The first-order valence-electron chi connectivity index (χ1n) is 9.50. The van der Waals surface area contributed by atoms with E-state index in [-0.39, 0.29) is 11.7 Å². The Balaban J connectivity index is 1.74. The van der Waals surface area contributed by atoms with Crippen molar-refractivity contribution in [1.82, 2.24) is 24.7 Å². The monoisotopic (exact) mass is 398 g/mol. The second kappa shape index (κ2) is 7.49. The highest BCUT2D eigenvalue weighted by atomic mass is 16.5. The highest BCUT2D eigenvalue weighted by Crippen LogP contribution is 2.37. The summed E-state index contributed by atoms with van der Waals surface area (Å²) >= 11 is 0. The average molecular weight is 398 g/mol. The van der Waals surface area contributed by atoms with Crippen LogP contribution in [0.15, 0.2) is 67.3 Å². The van der Waals surface area contributed by atoms with Gasteiger partial charge in [-0.15, -0.1) is 0 Å². The third-order valence-electron chi connectivity index (χ3n) is 5.01. The molecule has 0 aliphatic carbocycles. The van der Waals surface area contributed by atoms with Gasteiger partial charge < -0.3 is 10.5 Å². The fraction of sp³-hybridized carbons (Fsp3) is 0.136. The number of pyridine rings is 3. The first-order chi connectivity index (χ1) is 14.7. The zero-order valence-electron chi connectivity index (χ0n) is 16.0. The number of nitrogens with two attached hydrogens (primary N) is 1. The van der Waals surface area contributed by atoms with Gasteiger partial charge in [0, 0.05) is 41.5 Å². The maximum absolute atomic E-state index is 11.8. The predicted octanol–water partition coefficient (Wildman–Crippen LogP) is 2.74. The van der Waals surface area contributed by atoms with Crippen molar-refractivity contribution in [3.05, 3.63) is 72.9 Å². The smallest absolute Gasteiger partial charge is 0.267 e. The van der Waals surface area contributed by atoms with Gasteiger partial charge in [-0.2, -0.15) is 5.10 Å². The molecule has 2 N–H and O–H groups in total. The van der Waals surface area contributed by atoms with Gasteiger partial charge in [-0.05, 0) is 36.4 Å². The molecule has 148 valence electrons. The minimum atomic E-state index is -0.584. The molecule has 0 atom stereocenters. The summed E-state index contributed by atoms with van der Waals surface area (Å²) in [5.41, 5.74) is 10.2. The Labute approximate surface area is 172 Å². The molecule has 0 radical (unpaired) electrons. The highest BCUT2D eigenvalue weighted by Gasteiger charge is 2.26. The summed E-state index contributed by atoms with van der Waals surface area (Å²) in [4.78, 5) is 25.0.